The van der Waals surface area contributed by atoms with E-state index in [2.05, 4.69) is 95.3 Å². The first-order valence-electron chi connectivity index (χ1n) is 15.4. The number of carbonyl (C=O) groups is 1. The number of carbonyl (C=O) groups excluding carboxylic acids is 1. The van der Waals surface area contributed by atoms with Crippen LogP contribution in [-0.4, -0.2) is 55.2 Å². The van der Waals surface area contributed by atoms with Crippen LogP contribution < -0.4 is 10.6 Å². The number of aliphatic hydroxyl groups is 1. The molecule has 3 N–H and O–H groups in total. The van der Waals surface area contributed by atoms with E-state index in [0.29, 0.717) is 6.54 Å². The van der Waals surface area contributed by atoms with Crippen LogP contribution >= 0.6 is 0 Å². The maximum absolute atomic E-state index is 13.3. The van der Waals surface area contributed by atoms with Gasteiger partial charge in [-0.15, -0.1) is 0 Å². The number of likely N-dealkylation sites (tertiary alicyclic amines) is 1. The van der Waals surface area contributed by atoms with Crippen molar-refractivity contribution in [1.29, 1.82) is 0 Å². The Kier molecular flexibility index (Phi) is 9.56. The van der Waals surface area contributed by atoms with Crippen LogP contribution in [0.4, 0.5) is 0 Å². The number of benzene rings is 2. The number of aryl methyl sites for hydroxylation is 1. The lowest BCUT2D eigenvalue weighted by molar-refractivity contribution is -0.125. The maximum atomic E-state index is 13.3. The number of hydrogen-bond acceptors (Lipinski definition) is 4. The summed E-state index contributed by atoms with van der Waals surface area (Å²) in [6, 6.07) is 19.2. The van der Waals surface area contributed by atoms with Crippen molar-refractivity contribution >= 4 is 5.91 Å². The lowest BCUT2D eigenvalue weighted by Gasteiger charge is -2.40. The van der Waals surface area contributed by atoms with Gasteiger partial charge in [0.05, 0.1) is 5.60 Å². The molecule has 40 heavy (non-hydrogen) atoms. The van der Waals surface area contributed by atoms with E-state index in [1.54, 1.807) is 0 Å². The smallest absolute Gasteiger partial charge is 0.223 e. The van der Waals surface area contributed by atoms with Crippen molar-refractivity contribution < 1.29 is 9.90 Å². The molecule has 0 radical (unpaired) electrons. The Hall–Kier alpha value is -2.73. The third-order valence-corrected chi connectivity index (χ3v) is 9.50. The molecule has 2 aliphatic heterocycles. The van der Waals surface area contributed by atoms with Crippen molar-refractivity contribution in [2.45, 2.75) is 69.3 Å². The molecule has 5 nitrogen and oxygen atoms in total. The van der Waals surface area contributed by atoms with E-state index >= 15 is 0 Å². The first kappa shape index (κ1) is 28.8. The zero-order valence-corrected chi connectivity index (χ0v) is 24.2. The molecule has 5 heteroatoms. The molecule has 5 rings (SSSR count). The van der Waals surface area contributed by atoms with E-state index in [1.165, 1.54) is 16.7 Å². The van der Waals surface area contributed by atoms with Crippen molar-refractivity contribution in [3.63, 3.8) is 0 Å². The molecular weight excluding hydrogens is 494 g/mol. The van der Waals surface area contributed by atoms with Crippen LogP contribution in [0, 0.1) is 12.8 Å². The highest BCUT2D eigenvalue weighted by atomic mass is 16.3. The molecule has 2 aromatic rings. The van der Waals surface area contributed by atoms with Crippen LogP contribution in [0.15, 0.2) is 78.4 Å². The summed E-state index contributed by atoms with van der Waals surface area (Å²) in [5.41, 5.74) is 3.91. The second kappa shape index (κ2) is 13.3. The summed E-state index contributed by atoms with van der Waals surface area (Å²) in [4.78, 5) is 15.8. The Labute approximate surface area is 240 Å². The van der Waals surface area contributed by atoms with Crippen LogP contribution in [0.5, 0.6) is 0 Å². The van der Waals surface area contributed by atoms with Crippen molar-refractivity contribution in [3.05, 3.63) is 95.1 Å². The van der Waals surface area contributed by atoms with E-state index < -0.39 is 5.60 Å². The highest BCUT2D eigenvalue weighted by molar-refractivity contribution is 5.79. The molecular formula is C35H47N3O2. The minimum absolute atomic E-state index is 0.103. The normalized spacial score (nSPS) is 21.4. The van der Waals surface area contributed by atoms with E-state index in [9.17, 15) is 9.90 Å². The standard InChI is InChI=1S/C35H47N3O2/c1-28-13-15-32(16-14-28)35(40)20-25-38(26-21-35)24-8-19-34(30-9-4-2-5-10-30,31-11-6-3-7-12-31)27-37-33(39)29-17-22-36-23-18-29/h2,4-6,9-16,29,36,40H,3,7-8,17-27H2,1H3,(H,37,39). The molecule has 2 fully saturated rings. The number of hydrogen-bond donors (Lipinski definition) is 3. The molecule has 3 aliphatic rings. The molecule has 214 valence electrons. The molecule has 1 unspecified atom stereocenters. The van der Waals surface area contributed by atoms with Gasteiger partial charge in [0.15, 0.2) is 0 Å². The predicted octanol–water partition coefficient (Wildman–Crippen LogP) is 5.39. The topological polar surface area (TPSA) is 64.6 Å². The van der Waals surface area contributed by atoms with Crippen molar-refractivity contribution in [2.24, 2.45) is 5.92 Å². The number of nitrogens with one attached hydrogen (secondary N) is 2. The lowest BCUT2D eigenvalue weighted by atomic mass is 9.69. The van der Waals surface area contributed by atoms with E-state index in [1.807, 2.05) is 0 Å². The summed E-state index contributed by atoms with van der Waals surface area (Å²) in [6.07, 6.45) is 14.5. The van der Waals surface area contributed by atoms with Gasteiger partial charge in [-0.2, -0.15) is 0 Å². The molecule has 1 atom stereocenters. The molecule has 0 saturated carbocycles. The fourth-order valence-electron chi connectivity index (χ4n) is 6.84. The number of amides is 1. The number of rotatable bonds is 10. The van der Waals surface area contributed by atoms with E-state index in [0.717, 1.165) is 89.7 Å². The lowest BCUT2D eigenvalue weighted by Crippen LogP contribution is -2.46. The van der Waals surface area contributed by atoms with Gasteiger partial charge in [0, 0.05) is 31.0 Å². The fourth-order valence-corrected chi connectivity index (χ4v) is 6.84. The highest BCUT2D eigenvalue weighted by Gasteiger charge is 2.38. The Balaban J connectivity index is 1.28. The fraction of sp³-hybridized carbons (Fsp3) is 0.514. The Morgan fingerprint density at radius 2 is 1.77 bits per heavy atom. The van der Waals surface area contributed by atoms with Crippen LogP contribution in [0.2, 0.25) is 0 Å². The molecule has 2 heterocycles. The molecule has 1 aliphatic carbocycles. The summed E-state index contributed by atoms with van der Waals surface area (Å²) in [7, 11) is 0. The van der Waals surface area contributed by atoms with Crippen LogP contribution in [0.25, 0.3) is 0 Å². The molecule has 2 aromatic carbocycles. The predicted molar refractivity (Wildman–Crippen MR) is 163 cm³/mol. The van der Waals surface area contributed by atoms with Crippen LogP contribution in [0.1, 0.15) is 68.1 Å². The molecule has 0 aromatic heterocycles. The average molecular weight is 542 g/mol. The Morgan fingerprint density at radius 3 is 2.45 bits per heavy atom. The van der Waals surface area contributed by atoms with Crippen molar-refractivity contribution in [3.8, 4) is 0 Å². The van der Waals surface area contributed by atoms with Gasteiger partial charge in [0.25, 0.3) is 0 Å². The quantitative estimate of drug-likeness (QED) is 0.378. The average Bonchev–Trinajstić information content (AvgIpc) is 3.01. The summed E-state index contributed by atoms with van der Waals surface area (Å²) in [6.45, 7) is 7.36. The molecule has 1 amide bonds. The first-order valence-corrected chi connectivity index (χ1v) is 15.4. The van der Waals surface area contributed by atoms with Crippen molar-refractivity contribution in [2.75, 3.05) is 39.3 Å². The Morgan fingerprint density at radius 1 is 1.05 bits per heavy atom. The SMILES string of the molecule is Cc1ccc(C2(O)CCN(CCCC(CNC(=O)C3CCNCC3)(C3=CCCC=C3)c3ccccc3)CC2)cc1. The zero-order chi connectivity index (χ0) is 27.8. The third kappa shape index (κ3) is 6.76. The summed E-state index contributed by atoms with van der Waals surface area (Å²) in [5, 5.41) is 18.2. The van der Waals surface area contributed by atoms with Gasteiger partial charge in [0.2, 0.25) is 5.91 Å². The summed E-state index contributed by atoms with van der Waals surface area (Å²) < 4.78 is 0. The van der Waals surface area contributed by atoms with E-state index in [4.69, 9.17) is 0 Å². The first-order chi connectivity index (χ1) is 19.5. The summed E-state index contributed by atoms with van der Waals surface area (Å²) >= 11 is 0. The molecule has 0 bridgehead atoms. The van der Waals surface area contributed by atoms with E-state index in [-0.39, 0.29) is 17.2 Å². The van der Waals surface area contributed by atoms with Gasteiger partial charge in [-0.1, -0.05) is 78.4 Å². The van der Waals surface area contributed by atoms with Gasteiger partial charge in [-0.25, -0.2) is 0 Å². The number of piperidine rings is 2. The number of allylic oxidation sites excluding steroid dienone is 3. The third-order valence-electron chi connectivity index (χ3n) is 9.50. The van der Waals surface area contributed by atoms with Gasteiger partial charge >= 0.3 is 0 Å². The molecule has 0 spiro atoms. The minimum Gasteiger partial charge on any atom is -0.385 e. The second-order valence-corrected chi connectivity index (χ2v) is 12.2. The number of nitrogens with zero attached hydrogens (tertiary/aromatic N) is 1. The largest absolute Gasteiger partial charge is 0.385 e. The summed E-state index contributed by atoms with van der Waals surface area (Å²) in [5.74, 6) is 0.305. The van der Waals surface area contributed by atoms with Crippen LogP contribution in [0.3, 0.4) is 0 Å². The Bertz CT molecular complexity index is 1160. The second-order valence-electron chi connectivity index (χ2n) is 12.2. The highest BCUT2D eigenvalue weighted by Crippen LogP contribution is 2.40. The maximum Gasteiger partial charge on any atom is 0.223 e. The van der Waals surface area contributed by atoms with Gasteiger partial charge in [0.1, 0.15) is 0 Å². The van der Waals surface area contributed by atoms with Gasteiger partial charge in [-0.3, -0.25) is 4.79 Å². The van der Waals surface area contributed by atoms with Gasteiger partial charge < -0.3 is 20.6 Å². The van der Waals surface area contributed by atoms with Crippen molar-refractivity contribution in [1.82, 2.24) is 15.5 Å². The monoisotopic (exact) mass is 541 g/mol. The van der Waals surface area contributed by atoms with Crippen LogP contribution in [-0.2, 0) is 15.8 Å². The van der Waals surface area contributed by atoms with Gasteiger partial charge in [-0.05, 0) is 94.6 Å². The zero-order valence-electron chi connectivity index (χ0n) is 24.2. The molecule has 2 saturated heterocycles. The minimum atomic E-state index is -0.728.